The predicted molar refractivity (Wildman–Crippen MR) is 134 cm³/mol. The van der Waals surface area contributed by atoms with E-state index in [1.807, 2.05) is 49.4 Å². The van der Waals surface area contributed by atoms with Crippen molar-refractivity contribution in [1.82, 2.24) is 14.9 Å². The minimum Gasteiger partial charge on any atom is -0.466 e. The molecule has 0 spiro atoms. The number of hydrogen-bond acceptors (Lipinski definition) is 5. The Morgan fingerprint density at radius 3 is 2.59 bits per heavy atom. The van der Waals surface area contributed by atoms with Crippen molar-refractivity contribution in [3.05, 3.63) is 117 Å². The highest BCUT2D eigenvalue weighted by atomic mass is 35.5. The van der Waals surface area contributed by atoms with Gasteiger partial charge in [0.05, 0.1) is 5.69 Å². The molecule has 2 unspecified atom stereocenters. The summed E-state index contributed by atoms with van der Waals surface area (Å²) in [6.07, 6.45) is 0. The van der Waals surface area contributed by atoms with Gasteiger partial charge < -0.3 is 9.73 Å². The average Bonchev–Trinajstić information content (AvgIpc) is 3.45. The zero-order valence-corrected chi connectivity index (χ0v) is 19.8. The fourth-order valence-electron chi connectivity index (χ4n) is 4.67. The molecule has 34 heavy (non-hydrogen) atoms. The van der Waals surface area contributed by atoms with E-state index < -0.39 is 0 Å². The first kappa shape index (κ1) is 22.4. The molecular formula is C27H27ClN4O2. The third kappa shape index (κ3) is 5.08. The molecule has 0 amide bonds. The first-order valence-electron chi connectivity index (χ1n) is 11.5. The summed E-state index contributed by atoms with van der Waals surface area (Å²) in [5.74, 6) is 2.42. The van der Waals surface area contributed by atoms with Gasteiger partial charge >= 0.3 is 0 Å². The van der Waals surface area contributed by atoms with Crippen LogP contribution in [-0.4, -0.2) is 28.0 Å². The zero-order valence-electron chi connectivity index (χ0n) is 19.0. The molecule has 2 aromatic heterocycles. The van der Waals surface area contributed by atoms with E-state index >= 15 is 0 Å². The third-order valence-corrected chi connectivity index (χ3v) is 6.69. The second-order valence-electron chi connectivity index (χ2n) is 8.80. The molecule has 2 N–H and O–H groups in total. The van der Waals surface area contributed by atoms with E-state index in [2.05, 4.69) is 39.5 Å². The largest absolute Gasteiger partial charge is 0.466 e. The number of aryl methyl sites for hydroxylation is 1. The lowest BCUT2D eigenvalue weighted by Crippen LogP contribution is -2.21. The van der Waals surface area contributed by atoms with Crippen LogP contribution in [0.4, 0.5) is 5.95 Å². The quantitative estimate of drug-likeness (QED) is 0.379. The highest BCUT2D eigenvalue weighted by Crippen LogP contribution is 2.40. The number of nitrogens with one attached hydrogen (secondary N) is 2. The summed E-state index contributed by atoms with van der Waals surface area (Å²) in [6.45, 7) is 4.90. The first-order chi connectivity index (χ1) is 16.5. The van der Waals surface area contributed by atoms with Gasteiger partial charge in [-0.2, -0.15) is 0 Å². The van der Waals surface area contributed by atoms with Crippen LogP contribution in [0.2, 0.25) is 5.02 Å². The van der Waals surface area contributed by atoms with Crippen molar-refractivity contribution < 1.29 is 4.42 Å². The predicted octanol–water partition coefficient (Wildman–Crippen LogP) is 5.32. The van der Waals surface area contributed by atoms with Crippen LogP contribution < -0.4 is 10.9 Å². The molecule has 0 saturated carbocycles. The Labute approximate surface area is 203 Å². The molecule has 1 aliphatic heterocycles. The summed E-state index contributed by atoms with van der Waals surface area (Å²) in [5.41, 5.74) is 2.79. The Morgan fingerprint density at radius 2 is 1.82 bits per heavy atom. The SMILES string of the molecule is Cc1ccc(C2CN(Cc3ccccc3)CC2c2cc(=O)[nH]c(NCc3ccccc3Cl)n2)o1. The first-order valence-corrected chi connectivity index (χ1v) is 11.8. The number of likely N-dealkylation sites (tertiary alicyclic amines) is 1. The maximum atomic E-state index is 12.6. The van der Waals surface area contributed by atoms with Crippen LogP contribution in [0.15, 0.2) is 82.0 Å². The Morgan fingerprint density at radius 1 is 1.06 bits per heavy atom. The van der Waals surface area contributed by atoms with E-state index in [1.54, 1.807) is 6.07 Å². The minimum atomic E-state index is -0.178. The van der Waals surface area contributed by atoms with Gasteiger partial charge in [0.25, 0.3) is 5.56 Å². The van der Waals surface area contributed by atoms with Gasteiger partial charge in [-0.3, -0.25) is 14.7 Å². The molecule has 7 heteroatoms. The Kier molecular flexibility index (Phi) is 6.52. The van der Waals surface area contributed by atoms with Crippen molar-refractivity contribution in [2.24, 2.45) is 0 Å². The molecule has 3 heterocycles. The molecule has 5 rings (SSSR count). The molecule has 174 valence electrons. The van der Waals surface area contributed by atoms with Gasteiger partial charge in [0.2, 0.25) is 5.95 Å². The topological polar surface area (TPSA) is 74.2 Å². The number of furan rings is 1. The Balaban J connectivity index is 1.41. The van der Waals surface area contributed by atoms with Crippen molar-refractivity contribution >= 4 is 17.5 Å². The van der Waals surface area contributed by atoms with Crippen LogP contribution in [-0.2, 0) is 13.1 Å². The van der Waals surface area contributed by atoms with E-state index in [-0.39, 0.29) is 17.4 Å². The fraction of sp³-hybridized carbons (Fsp3) is 0.259. The van der Waals surface area contributed by atoms with Crippen LogP contribution in [0, 0.1) is 6.92 Å². The second-order valence-corrected chi connectivity index (χ2v) is 9.21. The minimum absolute atomic E-state index is 0.0393. The Bertz CT molecular complexity index is 1320. The van der Waals surface area contributed by atoms with E-state index in [0.717, 1.165) is 42.4 Å². The average molecular weight is 475 g/mol. The number of aromatic nitrogens is 2. The van der Waals surface area contributed by atoms with Crippen molar-refractivity contribution in [3.63, 3.8) is 0 Å². The molecule has 0 radical (unpaired) electrons. The monoisotopic (exact) mass is 474 g/mol. The summed E-state index contributed by atoms with van der Waals surface area (Å²) in [7, 11) is 0. The van der Waals surface area contributed by atoms with E-state index in [1.165, 1.54) is 5.56 Å². The molecule has 0 bridgehead atoms. The van der Waals surface area contributed by atoms with E-state index in [4.69, 9.17) is 21.0 Å². The number of aromatic amines is 1. The Hall–Kier alpha value is -3.35. The van der Waals surface area contributed by atoms with Crippen molar-refractivity contribution in [2.75, 3.05) is 18.4 Å². The van der Waals surface area contributed by atoms with Crippen LogP contribution in [0.1, 0.15) is 40.2 Å². The summed E-state index contributed by atoms with van der Waals surface area (Å²) in [5, 5.41) is 3.90. The highest BCUT2D eigenvalue weighted by molar-refractivity contribution is 6.31. The maximum Gasteiger partial charge on any atom is 0.252 e. The van der Waals surface area contributed by atoms with Crippen molar-refractivity contribution in [3.8, 4) is 0 Å². The van der Waals surface area contributed by atoms with Crippen LogP contribution in [0.25, 0.3) is 0 Å². The zero-order chi connectivity index (χ0) is 23.5. The molecule has 6 nitrogen and oxygen atoms in total. The van der Waals surface area contributed by atoms with Gasteiger partial charge in [0.1, 0.15) is 11.5 Å². The lowest BCUT2D eigenvalue weighted by atomic mass is 9.90. The van der Waals surface area contributed by atoms with E-state index in [0.29, 0.717) is 17.5 Å². The fourth-order valence-corrected chi connectivity index (χ4v) is 4.87. The van der Waals surface area contributed by atoms with Gasteiger partial charge in [-0.15, -0.1) is 0 Å². The van der Waals surface area contributed by atoms with Crippen LogP contribution in [0.3, 0.4) is 0 Å². The number of H-pyrrole nitrogens is 1. The summed E-state index contributed by atoms with van der Waals surface area (Å²) >= 11 is 6.28. The molecule has 1 aliphatic rings. The summed E-state index contributed by atoms with van der Waals surface area (Å²) < 4.78 is 6.03. The molecular weight excluding hydrogens is 448 g/mol. The number of hydrogen-bond donors (Lipinski definition) is 2. The molecule has 0 aliphatic carbocycles. The number of anilines is 1. The number of nitrogens with zero attached hydrogens (tertiary/aromatic N) is 2. The maximum absolute atomic E-state index is 12.6. The normalized spacial score (nSPS) is 18.3. The van der Waals surface area contributed by atoms with Gasteiger partial charge in [-0.05, 0) is 36.2 Å². The highest BCUT2D eigenvalue weighted by Gasteiger charge is 2.38. The number of benzene rings is 2. The van der Waals surface area contributed by atoms with Crippen molar-refractivity contribution in [2.45, 2.75) is 31.8 Å². The molecule has 2 atom stereocenters. The third-order valence-electron chi connectivity index (χ3n) is 6.32. The van der Waals surface area contributed by atoms with Gasteiger partial charge in [0.15, 0.2) is 0 Å². The van der Waals surface area contributed by atoms with Crippen molar-refractivity contribution in [1.29, 1.82) is 0 Å². The number of halogens is 1. The number of rotatable bonds is 7. The van der Waals surface area contributed by atoms with Crippen LogP contribution >= 0.6 is 11.6 Å². The molecule has 4 aromatic rings. The van der Waals surface area contributed by atoms with Crippen LogP contribution in [0.5, 0.6) is 0 Å². The molecule has 2 aromatic carbocycles. The standard InChI is InChI=1S/C27H27ClN4O2/c1-18-11-12-25(34-18)22-17-32(15-19-7-3-2-4-8-19)16-21(22)24-13-26(33)31-27(30-24)29-14-20-9-5-6-10-23(20)28/h2-13,21-22H,14-17H2,1H3,(H2,29,30,31,33). The van der Waals surface area contributed by atoms with E-state index in [9.17, 15) is 4.79 Å². The summed E-state index contributed by atoms with van der Waals surface area (Å²) in [4.78, 5) is 22.6. The van der Waals surface area contributed by atoms with Gasteiger partial charge in [0, 0.05) is 49.1 Å². The lowest BCUT2D eigenvalue weighted by Gasteiger charge is -2.17. The molecule has 1 fully saturated rings. The molecule has 1 saturated heterocycles. The lowest BCUT2D eigenvalue weighted by molar-refractivity contribution is 0.319. The smallest absolute Gasteiger partial charge is 0.252 e. The van der Waals surface area contributed by atoms with Gasteiger partial charge in [-0.1, -0.05) is 60.1 Å². The van der Waals surface area contributed by atoms with Gasteiger partial charge in [-0.25, -0.2) is 4.98 Å². The second kappa shape index (κ2) is 9.87. The summed E-state index contributed by atoms with van der Waals surface area (Å²) in [6, 6.07) is 23.7.